The lowest BCUT2D eigenvalue weighted by Crippen LogP contribution is -2.30. The van der Waals surface area contributed by atoms with Gasteiger partial charge in [-0.3, -0.25) is 14.5 Å². The monoisotopic (exact) mass is 510 g/mol. The first-order chi connectivity index (χ1) is 18.5. The van der Waals surface area contributed by atoms with Crippen molar-refractivity contribution in [2.24, 2.45) is 0 Å². The summed E-state index contributed by atoms with van der Waals surface area (Å²) in [6.07, 6.45) is 0. The third-order valence-corrected chi connectivity index (χ3v) is 6.83. The van der Waals surface area contributed by atoms with Gasteiger partial charge in [0.25, 0.3) is 5.78 Å². The molecule has 2 heterocycles. The SMILES string of the molecule is CCOc1ccc(/C(O)=C2\C(=O)C(=O)N(c3nc4ccccc4[nH]3)C2c2ccc(N(CC)CC)cc2)cc1. The Bertz CT molecular complexity index is 1470. The van der Waals surface area contributed by atoms with Crippen LogP contribution in [0.25, 0.3) is 16.8 Å². The summed E-state index contributed by atoms with van der Waals surface area (Å²) in [5.74, 6) is -0.876. The molecule has 1 aliphatic heterocycles. The first-order valence-electron chi connectivity index (χ1n) is 12.8. The van der Waals surface area contributed by atoms with Crippen molar-refractivity contribution in [2.45, 2.75) is 26.8 Å². The predicted octanol–water partition coefficient (Wildman–Crippen LogP) is 5.43. The number of anilines is 2. The first kappa shape index (κ1) is 25.1. The zero-order valence-corrected chi connectivity index (χ0v) is 21.6. The quantitative estimate of drug-likeness (QED) is 0.186. The number of hydrogen-bond acceptors (Lipinski definition) is 6. The van der Waals surface area contributed by atoms with Crippen LogP contribution in [-0.4, -0.2) is 46.5 Å². The number of nitrogens with zero attached hydrogens (tertiary/aromatic N) is 3. The van der Waals surface area contributed by atoms with Crippen molar-refractivity contribution in [3.63, 3.8) is 0 Å². The summed E-state index contributed by atoms with van der Waals surface area (Å²) >= 11 is 0. The summed E-state index contributed by atoms with van der Waals surface area (Å²) in [7, 11) is 0. The van der Waals surface area contributed by atoms with Crippen molar-refractivity contribution in [1.29, 1.82) is 0 Å². The van der Waals surface area contributed by atoms with Crippen LogP contribution >= 0.6 is 0 Å². The number of carbonyl (C=O) groups excluding carboxylic acids is 2. The summed E-state index contributed by atoms with van der Waals surface area (Å²) in [6, 6.07) is 21.1. The van der Waals surface area contributed by atoms with E-state index in [0.29, 0.717) is 29.0 Å². The van der Waals surface area contributed by atoms with Gasteiger partial charge in [-0.25, -0.2) is 4.98 Å². The molecule has 2 N–H and O–H groups in total. The molecule has 1 fully saturated rings. The predicted molar refractivity (Wildman–Crippen MR) is 148 cm³/mol. The Morgan fingerprint density at radius 3 is 2.29 bits per heavy atom. The number of aliphatic hydroxyl groups excluding tert-OH is 1. The van der Waals surface area contributed by atoms with Gasteiger partial charge in [-0.05, 0) is 74.9 Å². The van der Waals surface area contributed by atoms with Crippen LogP contribution in [0.1, 0.15) is 37.9 Å². The lowest BCUT2D eigenvalue weighted by molar-refractivity contribution is -0.132. The number of Topliss-reactive ketones (excluding diaryl/α,β-unsaturated/α-hetero) is 1. The molecule has 194 valence electrons. The molecule has 38 heavy (non-hydrogen) atoms. The molecule has 4 aromatic rings. The lowest BCUT2D eigenvalue weighted by Gasteiger charge is -2.25. The van der Waals surface area contributed by atoms with Gasteiger partial charge in [0.1, 0.15) is 11.5 Å². The Balaban J connectivity index is 1.66. The van der Waals surface area contributed by atoms with E-state index in [4.69, 9.17) is 4.74 Å². The van der Waals surface area contributed by atoms with E-state index in [1.807, 2.05) is 55.5 Å². The van der Waals surface area contributed by atoms with Crippen LogP contribution in [-0.2, 0) is 9.59 Å². The number of H-pyrrole nitrogens is 1. The number of carbonyl (C=O) groups is 2. The van der Waals surface area contributed by atoms with E-state index in [1.54, 1.807) is 24.3 Å². The molecular weight excluding hydrogens is 480 g/mol. The molecule has 8 nitrogen and oxygen atoms in total. The Labute approximate surface area is 221 Å². The number of rotatable bonds is 8. The fourth-order valence-corrected chi connectivity index (χ4v) is 4.91. The van der Waals surface area contributed by atoms with Gasteiger partial charge < -0.3 is 19.7 Å². The molecule has 1 unspecified atom stereocenters. The van der Waals surface area contributed by atoms with Crippen LogP contribution in [0.15, 0.2) is 78.4 Å². The molecule has 0 radical (unpaired) electrons. The average Bonchev–Trinajstić information content (AvgIpc) is 3.48. The highest BCUT2D eigenvalue weighted by atomic mass is 16.5. The minimum absolute atomic E-state index is 0.00945. The van der Waals surface area contributed by atoms with Crippen LogP contribution in [0.2, 0.25) is 0 Å². The van der Waals surface area contributed by atoms with E-state index in [1.165, 1.54) is 4.90 Å². The van der Waals surface area contributed by atoms with Crippen LogP contribution in [0, 0.1) is 0 Å². The smallest absolute Gasteiger partial charge is 0.302 e. The summed E-state index contributed by atoms with van der Waals surface area (Å²) in [6.45, 7) is 8.28. The van der Waals surface area contributed by atoms with Crippen molar-refractivity contribution in [3.8, 4) is 5.75 Å². The van der Waals surface area contributed by atoms with Gasteiger partial charge in [0.15, 0.2) is 0 Å². The highest BCUT2D eigenvalue weighted by Gasteiger charge is 2.48. The van der Waals surface area contributed by atoms with E-state index in [9.17, 15) is 14.7 Å². The van der Waals surface area contributed by atoms with Crippen molar-refractivity contribution in [2.75, 3.05) is 29.5 Å². The van der Waals surface area contributed by atoms with Crippen molar-refractivity contribution < 1.29 is 19.4 Å². The number of para-hydroxylation sites is 2. The molecule has 0 aliphatic carbocycles. The molecular formula is C30H30N4O4. The molecule has 1 atom stereocenters. The number of hydrogen-bond donors (Lipinski definition) is 2. The van der Waals surface area contributed by atoms with Gasteiger partial charge in [-0.1, -0.05) is 24.3 Å². The number of ketones is 1. The molecule has 0 saturated carbocycles. The summed E-state index contributed by atoms with van der Waals surface area (Å²) in [4.78, 5) is 38.2. The van der Waals surface area contributed by atoms with E-state index >= 15 is 0 Å². The fourth-order valence-electron chi connectivity index (χ4n) is 4.91. The number of amides is 1. The Morgan fingerprint density at radius 1 is 0.974 bits per heavy atom. The van der Waals surface area contributed by atoms with Gasteiger partial charge in [0, 0.05) is 24.3 Å². The Kier molecular flexibility index (Phi) is 6.87. The number of nitrogens with one attached hydrogen (secondary N) is 1. The molecule has 1 aromatic heterocycles. The number of aromatic amines is 1. The number of fused-ring (bicyclic) bond motifs is 1. The van der Waals surface area contributed by atoms with E-state index in [0.717, 1.165) is 24.3 Å². The maximum Gasteiger partial charge on any atom is 0.302 e. The molecule has 0 bridgehead atoms. The minimum atomic E-state index is -0.868. The normalized spacial score (nSPS) is 16.8. The van der Waals surface area contributed by atoms with Crippen LogP contribution < -0.4 is 14.5 Å². The molecule has 5 rings (SSSR count). The highest BCUT2D eigenvalue weighted by molar-refractivity contribution is 6.51. The Hall–Kier alpha value is -4.59. The van der Waals surface area contributed by atoms with Crippen LogP contribution in [0.3, 0.4) is 0 Å². The van der Waals surface area contributed by atoms with Gasteiger partial charge in [0.05, 0.1) is 29.3 Å². The number of aromatic nitrogens is 2. The largest absolute Gasteiger partial charge is 0.507 e. The molecule has 1 amide bonds. The molecule has 8 heteroatoms. The van der Waals surface area contributed by atoms with Crippen molar-refractivity contribution in [1.82, 2.24) is 9.97 Å². The number of imidazole rings is 1. The van der Waals surface area contributed by atoms with Gasteiger partial charge in [-0.2, -0.15) is 0 Å². The summed E-state index contributed by atoms with van der Waals surface area (Å²) < 4.78 is 5.50. The minimum Gasteiger partial charge on any atom is -0.507 e. The molecule has 3 aromatic carbocycles. The zero-order valence-electron chi connectivity index (χ0n) is 21.6. The molecule has 1 aliphatic rings. The third kappa shape index (κ3) is 4.38. The van der Waals surface area contributed by atoms with Gasteiger partial charge in [-0.15, -0.1) is 0 Å². The van der Waals surface area contributed by atoms with Gasteiger partial charge >= 0.3 is 5.91 Å². The van der Waals surface area contributed by atoms with Crippen LogP contribution in [0.4, 0.5) is 11.6 Å². The van der Waals surface area contributed by atoms with Gasteiger partial charge in [0.2, 0.25) is 5.95 Å². The van der Waals surface area contributed by atoms with Crippen molar-refractivity contribution >= 4 is 40.1 Å². The standard InChI is InChI=1S/C30H30N4O4/c1-4-33(5-2)21-15-11-19(12-16-21)26-25(27(35)20-13-17-22(18-14-20)38-6-3)28(36)29(37)34(26)30-31-23-9-7-8-10-24(23)32-30/h7-18,26,35H,4-6H2,1-3H3,(H,31,32)/b27-25+. The topological polar surface area (TPSA) is 98.8 Å². The lowest BCUT2D eigenvalue weighted by atomic mass is 9.95. The second-order valence-corrected chi connectivity index (χ2v) is 8.97. The third-order valence-electron chi connectivity index (χ3n) is 6.83. The second kappa shape index (κ2) is 10.4. The highest BCUT2D eigenvalue weighted by Crippen LogP contribution is 2.42. The molecule has 0 spiro atoms. The second-order valence-electron chi connectivity index (χ2n) is 8.97. The van der Waals surface area contributed by atoms with E-state index < -0.39 is 17.7 Å². The maximum atomic E-state index is 13.5. The molecule has 1 saturated heterocycles. The number of ether oxygens (including phenoxy) is 1. The fraction of sp³-hybridized carbons (Fsp3) is 0.233. The number of aliphatic hydroxyl groups is 1. The average molecular weight is 511 g/mol. The van der Waals surface area contributed by atoms with E-state index in [2.05, 4.69) is 28.7 Å². The van der Waals surface area contributed by atoms with Crippen LogP contribution in [0.5, 0.6) is 5.75 Å². The maximum absolute atomic E-state index is 13.5. The summed E-state index contributed by atoms with van der Waals surface area (Å²) in [5.41, 5.74) is 3.56. The van der Waals surface area contributed by atoms with E-state index in [-0.39, 0.29) is 17.3 Å². The number of benzene rings is 3. The van der Waals surface area contributed by atoms with Crippen molar-refractivity contribution in [3.05, 3.63) is 89.5 Å². The zero-order chi connectivity index (χ0) is 26.8. The first-order valence-corrected chi connectivity index (χ1v) is 12.8. The summed E-state index contributed by atoms with van der Waals surface area (Å²) in [5, 5.41) is 11.4. The Morgan fingerprint density at radius 2 is 1.66 bits per heavy atom.